The van der Waals surface area contributed by atoms with Crippen LogP contribution in [0.2, 0.25) is 0 Å². The molecule has 0 saturated carbocycles. The van der Waals surface area contributed by atoms with Crippen molar-refractivity contribution in [1.29, 1.82) is 0 Å². The number of nitrogens with one attached hydrogen (secondary N) is 1. The Balaban J connectivity index is 2.07. The molecule has 0 spiro atoms. The molecule has 1 atom stereocenters. The predicted octanol–water partition coefficient (Wildman–Crippen LogP) is 1.41. The van der Waals surface area contributed by atoms with E-state index in [1.54, 1.807) is 6.08 Å². The summed E-state index contributed by atoms with van der Waals surface area (Å²) >= 11 is 0. The first-order valence-electron chi connectivity index (χ1n) is 4.89. The predicted molar refractivity (Wildman–Crippen MR) is 51.6 cm³/mol. The Morgan fingerprint density at radius 2 is 2.46 bits per heavy atom. The maximum absolute atomic E-state index is 10.2. The number of rotatable bonds is 4. The SMILES string of the molecule is O=C(O)C=CCCC1CCCNC1. The molecule has 0 aromatic carbocycles. The van der Waals surface area contributed by atoms with Gasteiger partial charge in [-0.2, -0.15) is 0 Å². The number of piperidine rings is 1. The second-order valence-electron chi connectivity index (χ2n) is 3.53. The fraction of sp³-hybridized carbons (Fsp3) is 0.700. The van der Waals surface area contributed by atoms with Crippen LogP contribution in [0.1, 0.15) is 25.7 Å². The van der Waals surface area contributed by atoms with Crippen molar-refractivity contribution in [2.24, 2.45) is 5.92 Å². The molecule has 13 heavy (non-hydrogen) atoms. The Morgan fingerprint density at radius 3 is 3.08 bits per heavy atom. The van der Waals surface area contributed by atoms with Crippen molar-refractivity contribution in [3.8, 4) is 0 Å². The molecule has 3 nitrogen and oxygen atoms in total. The van der Waals surface area contributed by atoms with E-state index in [1.165, 1.54) is 18.9 Å². The van der Waals surface area contributed by atoms with Gasteiger partial charge in [0.15, 0.2) is 0 Å². The molecule has 3 heteroatoms. The molecule has 74 valence electrons. The summed E-state index contributed by atoms with van der Waals surface area (Å²) in [5, 5.41) is 11.7. The minimum atomic E-state index is -0.846. The highest BCUT2D eigenvalue weighted by molar-refractivity contribution is 5.79. The summed E-state index contributed by atoms with van der Waals surface area (Å²) < 4.78 is 0. The molecule has 0 radical (unpaired) electrons. The zero-order valence-corrected chi connectivity index (χ0v) is 7.83. The van der Waals surface area contributed by atoms with Crippen molar-refractivity contribution in [3.63, 3.8) is 0 Å². The van der Waals surface area contributed by atoms with E-state index in [0.29, 0.717) is 0 Å². The van der Waals surface area contributed by atoms with Crippen molar-refractivity contribution < 1.29 is 9.90 Å². The van der Waals surface area contributed by atoms with Gasteiger partial charge in [0.25, 0.3) is 0 Å². The lowest BCUT2D eigenvalue weighted by atomic mass is 9.95. The van der Waals surface area contributed by atoms with Crippen LogP contribution in [0.4, 0.5) is 0 Å². The summed E-state index contributed by atoms with van der Waals surface area (Å²) in [7, 11) is 0. The zero-order valence-electron chi connectivity index (χ0n) is 7.83. The molecule has 1 fully saturated rings. The molecule has 0 bridgehead atoms. The van der Waals surface area contributed by atoms with E-state index in [-0.39, 0.29) is 0 Å². The highest BCUT2D eigenvalue weighted by Crippen LogP contribution is 2.15. The van der Waals surface area contributed by atoms with E-state index >= 15 is 0 Å². The third-order valence-electron chi connectivity index (χ3n) is 2.40. The number of carbonyl (C=O) groups is 1. The van der Waals surface area contributed by atoms with Crippen LogP contribution >= 0.6 is 0 Å². The molecule has 1 heterocycles. The lowest BCUT2D eigenvalue weighted by Crippen LogP contribution is -2.29. The molecule has 1 saturated heterocycles. The summed E-state index contributed by atoms with van der Waals surface area (Å²) in [4.78, 5) is 10.2. The third kappa shape index (κ3) is 4.68. The van der Waals surface area contributed by atoms with E-state index in [2.05, 4.69) is 5.32 Å². The first-order chi connectivity index (χ1) is 6.29. The highest BCUT2D eigenvalue weighted by Gasteiger charge is 2.11. The smallest absolute Gasteiger partial charge is 0.327 e. The average Bonchev–Trinajstić information content (AvgIpc) is 2.14. The first-order valence-corrected chi connectivity index (χ1v) is 4.89. The van der Waals surface area contributed by atoms with Crippen LogP contribution < -0.4 is 5.32 Å². The van der Waals surface area contributed by atoms with Crippen molar-refractivity contribution in [1.82, 2.24) is 5.32 Å². The third-order valence-corrected chi connectivity index (χ3v) is 2.40. The number of allylic oxidation sites excluding steroid dienone is 1. The lowest BCUT2D eigenvalue weighted by Gasteiger charge is -2.21. The Hall–Kier alpha value is -0.830. The Bertz CT molecular complexity index is 183. The summed E-state index contributed by atoms with van der Waals surface area (Å²) in [6.45, 7) is 2.24. The van der Waals surface area contributed by atoms with Gasteiger partial charge in [-0.1, -0.05) is 6.08 Å². The largest absolute Gasteiger partial charge is 0.478 e. The van der Waals surface area contributed by atoms with E-state index in [9.17, 15) is 4.79 Å². The summed E-state index contributed by atoms with van der Waals surface area (Å²) in [5.41, 5.74) is 0. The molecule has 1 rings (SSSR count). The summed E-state index contributed by atoms with van der Waals surface area (Å²) in [6.07, 6.45) is 7.52. The maximum Gasteiger partial charge on any atom is 0.327 e. The average molecular weight is 183 g/mol. The zero-order chi connectivity index (χ0) is 9.52. The molecular weight excluding hydrogens is 166 g/mol. The molecular formula is C10H17NO2. The van der Waals surface area contributed by atoms with E-state index < -0.39 is 5.97 Å². The first kappa shape index (κ1) is 10.3. The van der Waals surface area contributed by atoms with Crippen molar-refractivity contribution >= 4 is 5.97 Å². The number of carboxylic acids is 1. The van der Waals surface area contributed by atoms with Crippen LogP contribution in [-0.4, -0.2) is 24.2 Å². The summed E-state index contributed by atoms with van der Waals surface area (Å²) in [6, 6.07) is 0. The van der Waals surface area contributed by atoms with Crippen LogP contribution in [0.5, 0.6) is 0 Å². The van der Waals surface area contributed by atoms with Gasteiger partial charge in [0, 0.05) is 6.08 Å². The number of aliphatic carboxylic acids is 1. The van der Waals surface area contributed by atoms with Crippen molar-refractivity contribution in [2.75, 3.05) is 13.1 Å². The topological polar surface area (TPSA) is 49.3 Å². The Kier molecular flexibility index (Phi) is 4.54. The molecule has 2 N–H and O–H groups in total. The van der Waals surface area contributed by atoms with Gasteiger partial charge < -0.3 is 10.4 Å². The van der Waals surface area contributed by atoms with Crippen LogP contribution in [0.25, 0.3) is 0 Å². The standard InChI is InChI=1S/C10H17NO2/c12-10(13)6-2-1-4-9-5-3-7-11-8-9/h2,6,9,11H,1,3-5,7-8H2,(H,12,13). The molecule has 0 aliphatic carbocycles. The summed E-state index contributed by atoms with van der Waals surface area (Å²) in [5.74, 6) is -0.103. The van der Waals surface area contributed by atoms with Gasteiger partial charge in [-0.05, 0) is 44.7 Å². The fourth-order valence-corrected chi connectivity index (χ4v) is 1.69. The molecule has 0 aromatic rings. The highest BCUT2D eigenvalue weighted by atomic mass is 16.4. The maximum atomic E-state index is 10.2. The monoisotopic (exact) mass is 183 g/mol. The van der Waals surface area contributed by atoms with Gasteiger partial charge >= 0.3 is 5.97 Å². The van der Waals surface area contributed by atoms with E-state index in [0.717, 1.165) is 31.8 Å². The van der Waals surface area contributed by atoms with Crippen LogP contribution in [0, 0.1) is 5.92 Å². The van der Waals surface area contributed by atoms with Gasteiger partial charge in [0.1, 0.15) is 0 Å². The van der Waals surface area contributed by atoms with Crippen LogP contribution in [0.15, 0.2) is 12.2 Å². The van der Waals surface area contributed by atoms with Gasteiger partial charge in [-0.3, -0.25) is 0 Å². The quantitative estimate of drug-likeness (QED) is 0.648. The minimum absolute atomic E-state index is 0.743. The fourth-order valence-electron chi connectivity index (χ4n) is 1.69. The molecule has 1 aliphatic heterocycles. The van der Waals surface area contributed by atoms with Gasteiger partial charge in [0.2, 0.25) is 0 Å². The number of hydrogen-bond donors (Lipinski definition) is 2. The van der Waals surface area contributed by atoms with Crippen LogP contribution in [-0.2, 0) is 4.79 Å². The van der Waals surface area contributed by atoms with Crippen LogP contribution in [0.3, 0.4) is 0 Å². The minimum Gasteiger partial charge on any atom is -0.478 e. The number of hydrogen-bond acceptors (Lipinski definition) is 2. The van der Waals surface area contributed by atoms with Gasteiger partial charge in [-0.25, -0.2) is 4.79 Å². The molecule has 1 unspecified atom stereocenters. The van der Waals surface area contributed by atoms with Crippen molar-refractivity contribution in [2.45, 2.75) is 25.7 Å². The number of carboxylic acid groups (broad SMARTS) is 1. The van der Waals surface area contributed by atoms with Gasteiger partial charge in [-0.15, -0.1) is 0 Å². The van der Waals surface area contributed by atoms with Crippen molar-refractivity contribution in [3.05, 3.63) is 12.2 Å². The normalized spacial score (nSPS) is 23.5. The Labute approximate surface area is 78.8 Å². The van der Waals surface area contributed by atoms with Gasteiger partial charge in [0.05, 0.1) is 0 Å². The second-order valence-corrected chi connectivity index (χ2v) is 3.53. The van der Waals surface area contributed by atoms with E-state index in [1.807, 2.05) is 0 Å². The lowest BCUT2D eigenvalue weighted by molar-refractivity contribution is -0.131. The molecule has 1 aliphatic rings. The molecule has 0 aromatic heterocycles. The second kappa shape index (κ2) is 5.75. The van der Waals surface area contributed by atoms with E-state index in [4.69, 9.17) is 5.11 Å². The Morgan fingerprint density at radius 1 is 1.62 bits per heavy atom. The molecule has 0 amide bonds.